The topological polar surface area (TPSA) is 107 Å². The molecule has 2 amide bonds. The van der Waals surface area contributed by atoms with Gasteiger partial charge in [0.05, 0.1) is 11.8 Å². The molecule has 2 saturated heterocycles. The van der Waals surface area contributed by atoms with Gasteiger partial charge in [0.1, 0.15) is 11.3 Å². The minimum Gasteiger partial charge on any atom is -0.508 e. The maximum atomic E-state index is 13.5. The predicted octanol–water partition coefficient (Wildman–Crippen LogP) is 3.27. The van der Waals surface area contributed by atoms with Crippen molar-refractivity contribution in [2.24, 2.45) is 11.8 Å². The molecule has 2 heterocycles. The molecule has 0 radical (unpaired) electrons. The van der Waals surface area contributed by atoms with Crippen LogP contribution >= 0.6 is 15.9 Å². The Morgan fingerprint density at radius 3 is 2.53 bits per heavy atom. The molecule has 32 heavy (non-hydrogen) atoms. The van der Waals surface area contributed by atoms with Gasteiger partial charge >= 0.3 is 5.97 Å². The van der Waals surface area contributed by atoms with Gasteiger partial charge in [-0.1, -0.05) is 59.6 Å². The zero-order chi connectivity index (χ0) is 23.0. The molecule has 2 aliphatic heterocycles. The van der Waals surface area contributed by atoms with E-state index in [1.165, 1.54) is 11.0 Å². The number of phenolic OH excluding ortho intramolecular Hbond substituents is 1. The van der Waals surface area contributed by atoms with E-state index in [1.54, 1.807) is 24.3 Å². The molecule has 0 bridgehead atoms. The number of hydrogen-bond donors (Lipinski definition) is 3. The molecule has 0 aliphatic carbocycles. The molecule has 3 N–H and O–H groups in total. The number of carbonyl (C=O) groups is 3. The van der Waals surface area contributed by atoms with Crippen LogP contribution in [0.2, 0.25) is 0 Å². The first-order valence-electron chi connectivity index (χ1n) is 10.7. The molecule has 0 saturated carbocycles. The van der Waals surface area contributed by atoms with Crippen molar-refractivity contribution in [2.45, 2.75) is 37.8 Å². The Bertz CT molecular complexity index is 1060. The van der Waals surface area contributed by atoms with Gasteiger partial charge in [-0.3, -0.25) is 24.6 Å². The zero-order valence-corrected chi connectivity index (χ0v) is 19.2. The lowest BCUT2D eigenvalue weighted by Crippen LogP contribution is -2.57. The average molecular weight is 501 g/mol. The first-order valence-corrected chi connectivity index (χ1v) is 11.5. The number of nitrogens with one attached hydrogen (secondary N) is 1. The number of imide groups is 1. The molecule has 7 nitrogen and oxygen atoms in total. The van der Waals surface area contributed by atoms with Gasteiger partial charge in [0.25, 0.3) is 0 Å². The Labute approximate surface area is 194 Å². The van der Waals surface area contributed by atoms with Crippen LogP contribution < -0.4 is 5.32 Å². The molecule has 4 atom stereocenters. The van der Waals surface area contributed by atoms with Crippen molar-refractivity contribution >= 4 is 33.7 Å². The number of hydrogen-bond acceptors (Lipinski definition) is 5. The third kappa shape index (κ3) is 3.61. The summed E-state index contributed by atoms with van der Waals surface area (Å²) >= 11 is 3.38. The highest BCUT2D eigenvalue weighted by Gasteiger charge is 2.68. The van der Waals surface area contributed by atoms with Crippen LogP contribution in [0.1, 0.15) is 36.9 Å². The van der Waals surface area contributed by atoms with Gasteiger partial charge in [0.15, 0.2) is 0 Å². The van der Waals surface area contributed by atoms with Crippen molar-refractivity contribution < 1.29 is 24.6 Å². The normalized spacial score (nSPS) is 27.1. The first kappa shape index (κ1) is 22.5. The lowest BCUT2D eigenvalue weighted by Gasteiger charge is -2.31. The van der Waals surface area contributed by atoms with E-state index in [1.807, 2.05) is 25.1 Å². The largest absolute Gasteiger partial charge is 0.508 e. The minimum absolute atomic E-state index is 0.0379. The van der Waals surface area contributed by atoms with Gasteiger partial charge < -0.3 is 10.2 Å². The van der Waals surface area contributed by atoms with Crippen molar-refractivity contribution in [3.8, 4) is 5.75 Å². The number of carbonyl (C=O) groups excluding carboxylic acids is 2. The lowest BCUT2D eigenvalue weighted by atomic mass is 9.76. The van der Waals surface area contributed by atoms with Crippen LogP contribution in [0.4, 0.5) is 0 Å². The number of phenols is 1. The number of halogens is 1. The number of aromatic hydroxyl groups is 1. The van der Waals surface area contributed by atoms with Crippen LogP contribution in [0.5, 0.6) is 5.75 Å². The lowest BCUT2D eigenvalue weighted by molar-refractivity contribution is -0.151. The minimum atomic E-state index is -1.68. The SMILES string of the molecule is CCCCN1C(=O)C2C(c3cc(Br)ccc3O)NC(Cc3ccccc3)(C(=O)O)C2C1=O. The molecule has 2 fully saturated rings. The van der Waals surface area contributed by atoms with Gasteiger partial charge in [0, 0.05) is 29.0 Å². The smallest absolute Gasteiger partial charge is 0.325 e. The zero-order valence-electron chi connectivity index (χ0n) is 17.6. The molecular formula is C24H25BrN2O5. The van der Waals surface area contributed by atoms with Crippen molar-refractivity contribution in [3.05, 3.63) is 64.1 Å². The molecule has 4 unspecified atom stereocenters. The number of aliphatic carboxylic acids is 1. The van der Waals surface area contributed by atoms with E-state index in [4.69, 9.17) is 0 Å². The maximum absolute atomic E-state index is 13.5. The van der Waals surface area contributed by atoms with Crippen molar-refractivity contribution in [1.29, 1.82) is 0 Å². The molecule has 2 aromatic carbocycles. The molecule has 8 heteroatoms. The van der Waals surface area contributed by atoms with Crippen molar-refractivity contribution in [1.82, 2.24) is 10.2 Å². The van der Waals surface area contributed by atoms with Crippen LogP contribution in [-0.4, -0.2) is 45.0 Å². The number of carboxylic acid groups (broad SMARTS) is 1. The van der Waals surface area contributed by atoms with Crippen LogP contribution in [0.15, 0.2) is 53.0 Å². The summed E-state index contributed by atoms with van der Waals surface area (Å²) in [5.41, 5.74) is -0.546. The fourth-order valence-corrected chi connectivity index (χ4v) is 5.37. The van der Waals surface area contributed by atoms with Crippen LogP contribution in [0.3, 0.4) is 0 Å². The average Bonchev–Trinajstić information content (AvgIpc) is 3.24. The first-order chi connectivity index (χ1) is 15.3. The van der Waals surface area contributed by atoms with E-state index in [2.05, 4.69) is 21.2 Å². The molecule has 2 aliphatic rings. The third-order valence-corrected chi connectivity index (χ3v) is 7.01. The summed E-state index contributed by atoms with van der Waals surface area (Å²) in [6, 6.07) is 13.1. The number of likely N-dealkylation sites (tertiary alicyclic amines) is 1. The fraction of sp³-hybridized carbons (Fsp3) is 0.375. The molecule has 2 aromatic rings. The highest BCUT2D eigenvalue weighted by Crippen LogP contribution is 2.51. The summed E-state index contributed by atoms with van der Waals surface area (Å²) in [4.78, 5) is 40.9. The Morgan fingerprint density at radius 1 is 1.16 bits per heavy atom. The van der Waals surface area contributed by atoms with Gasteiger partial charge in [-0.15, -0.1) is 0 Å². The summed E-state index contributed by atoms with van der Waals surface area (Å²) in [5, 5.41) is 24.1. The van der Waals surface area contributed by atoms with E-state index in [0.717, 1.165) is 12.0 Å². The van der Waals surface area contributed by atoms with E-state index in [0.29, 0.717) is 16.5 Å². The molecule has 0 aromatic heterocycles. The molecular weight excluding hydrogens is 476 g/mol. The van der Waals surface area contributed by atoms with Crippen molar-refractivity contribution in [3.63, 3.8) is 0 Å². The number of amides is 2. The van der Waals surface area contributed by atoms with Gasteiger partial charge in [-0.2, -0.15) is 0 Å². The summed E-state index contributed by atoms with van der Waals surface area (Å²) in [6.07, 6.45) is 1.49. The third-order valence-electron chi connectivity index (χ3n) is 6.51. The second-order valence-electron chi connectivity index (χ2n) is 8.45. The standard InChI is InChI=1S/C24H25BrN2O5/c1-2-3-11-27-21(29)18-19(22(27)30)24(23(31)32,13-14-7-5-4-6-8-14)26-20(18)16-12-15(25)9-10-17(16)28/h4-10,12,18-20,26,28H,2-3,11,13H2,1H3,(H,31,32). The highest BCUT2D eigenvalue weighted by molar-refractivity contribution is 9.10. The Morgan fingerprint density at radius 2 is 1.88 bits per heavy atom. The Balaban J connectivity index is 1.85. The number of rotatable bonds is 7. The van der Waals surface area contributed by atoms with Crippen molar-refractivity contribution in [2.75, 3.05) is 6.54 Å². The maximum Gasteiger partial charge on any atom is 0.325 e. The van der Waals surface area contributed by atoms with Crippen LogP contribution in [-0.2, 0) is 20.8 Å². The van der Waals surface area contributed by atoms with Gasteiger partial charge in [0.2, 0.25) is 11.8 Å². The predicted molar refractivity (Wildman–Crippen MR) is 121 cm³/mol. The number of benzene rings is 2. The number of carboxylic acids is 1. The van der Waals surface area contributed by atoms with Crippen LogP contribution in [0.25, 0.3) is 0 Å². The molecule has 4 rings (SSSR count). The summed E-state index contributed by atoms with van der Waals surface area (Å²) in [7, 11) is 0. The number of unbranched alkanes of at least 4 members (excludes halogenated alkanes) is 1. The van der Waals surface area contributed by atoms with E-state index < -0.39 is 35.3 Å². The van der Waals surface area contributed by atoms with Crippen LogP contribution in [0, 0.1) is 11.8 Å². The van der Waals surface area contributed by atoms with E-state index in [-0.39, 0.29) is 24.6 Å². The summed E-state index contributed by atoms with van der Waals surface area (Å²) < 4.78 is 0.680. The molecule has 0 spiro atoms. The quantitative estimate of drug-likeness (QED) is 0.503. The second kappa shape index (κ2) is 8.67. The monoisotopic (exact) mass is 500 g/mol. The summed E-state index contributed by atoms with van der Waals surface area (Å²) in [5.74, 6) is -4.09. The number of fused-ring (bicyclic) bond motifs is 1. The summed E-state index contributed by atoms with van der Waals surface area (Å²) in [6.45, 7) is 2.23. The van der Waals surface area contributed by atoms with Gasteiger partial charge in [-0.25, -0.2) is 0 Å². The Kier molecular flexibility index (Phi) is 6.09. The van der Waals surface area contributed by atoms with E-state index >= 15 is 0 Å². The number of nitrogens with zero attached hydrogens (tertiary/aromatic N) is 1. The van der Waals surface area contributed by atoms with Gasteiger partial charge in [-0.05, 0) is 30.2 Å². The second-order valence-corrected chi connectivity index (χ2v) is 9.36. The van der Waals surface area contributed by atoms with E-state index in [9.17, 15) is 24.6 Å². The highest BCUT2D eigenvalue weighted by atomic mass is 79.9. The fourth-order valence-electron chi connectivity index (χ4n) is 4.99. The Hall–Kier alpha value is -2.71. The molecule has 168 valence electrons.